The van der Waals surface area contributed by atoms with Crippen molar-refractivity contribution in [3.8, 4) is 0 Å². The van der Waals surface area contributed by atoms with E-state index in [9.17, 15) is 14.3 Å². The summed E-state index contributed by atoms with van der Waals surface area (Å²) in [5.41, 5.74) is 0. The molecule has 0 aliphatic heterocycles. The van der Waals surface area contributed by atoms with E-state index < -0.39 is 13.9 Å². The summed E-state index contributed by atoms with van der Waals surface area (Å²) in [6.45, 7) is 4.73. The number of hydrogen-bond acceptors (Lipinski definition) is 7. The fraction of sp³-hybridized carbons (Fsp3) is 0.884. The van der Waals surface area contributed by atoms with Crippen molar-refractivity contribution in [2.75, 3.05) is 47.5 Å². The van der Waals surface area contributed by atoms with E-state index in [0.717, 1.165) is 44.9 Å². The molecule has 0 rings (SSSR count). The number of nitrogens with zero attached hydrogens (tertiary/aromatic N) is 1. The van der Waals surface area contributed by atoms with Crippen LogP contribution in [0.4, 0.5) is 0 Å². The topological polar surface area (TPSA) is 94.1 Å². The van der Waals surface area contributed by atoms with Gasteiger partial charge in [0, 0.05) is 6.42 Å². The number of carbonyl (C=O) groups is 1. The molecule has 2 atom stereocenters. The van der Waals surface area contributed by atoms with Gasteiger partial charge in [0.05, 0.1) is 34.0 Å². The summed E-state index contributed by atoms with van der Waals surface area (Å²) >= 11 is 0. The molecule has 0 aromatic rings. The highest BCUT2D eigenvalue weighted by molar-refractivity contribution is 7.45. The van der Waals surface area contributed by atoms with Crippen LogP contribution in [0.5, 0.6) is 0 Å². The Morgan fingerprint density at radius 2 is 1.02 bits per heavy atom. The van der Waals surface area contributed by atoms with Gasteiger partial charge in [-0.2, -0.15) is 0 Å². The zero-order valence-corrected chi connectivity index (χ0v) is 35.7. The second-order valence-electron chi connectivity index (χ2n) is 15.8. The van der Waals surface area contributed by atoms with Crippen LogP contribution in [0.15, 0.2) is 24.5 Å². The Morgan fingerprint density at radius 3 is 1.48 bits per heavy atom. The molecule has 0 spiro atoms. The van der Waals surface area contributed by atoms with Gasteiger partial charge in [-0.05, 0) is 51.0 Å². The summed E-state index contributed by atoms with van der Waals surface area (Å²) < 4.78 is 34.3. The lowest BCUT2D eigenvalue weighted by molar-refractivity contribution is -0.870. The second-order valence-corrected chi connectivity index (χ2v) is 17.2. The largest absolute Gasteiger partial charge is 0.756 e. The third-order valence-corrected chi connectivity index (χ3v) is 10.3. The molecule has 0 N–H and O–H groups in total. The van der Waals surface area contributed by atoms with Gasteiger partial charge in [-0.1, -0.05) is 154 Å². The molecule has 0 fully saturated rings. The Balaban J connectivity index is 4.29. The standard InChI is InChI=1S/C43H84NO7P/c1-6-8-10-12-14-16-18-20-22-23-25-27-29-31-33-35-38-48-40-42(41-50-52(46,47)49-39-37-44(3,4)5)51-43(45)36-34-32-30-28-26-24-21-19-17-15-13-11-9-7-2/h19,21,35,38,42H,6-18,20,22-34,36-37,39-41H2,1-5H3/b21-19-,38-35-/t42-/m1/s1. The molecule has 52 heavy (non-hydrogen) atoms. The lowest BCUT2D eigenvalue weighted by Gasteiger charge is -2.28. The number of allylic oxidation sites excluding steroid dienone is 3. The average Bonchev–Trinajstić information content (AvgIpc) is 3.09. The predicted molar refractivity (Wildman–Crippen MR) is 217 cm³/mol. The highest BCUT2D eigenvalue weighted by Crippen LogP contribution is 2.38. The molecule has 8 nitrogen and oxygen atoms in total. The van der Waals surface area contributed by atoms with E-state index in [0.29, 0.717) is 17.4 Å². The molecule has 308 valence electrons. The number of rotatable bonds is 40. The van der Waals surface area contributed by atoms with Crippen LogP contribution in [0.3, 0.4) is 0 Å². The van der Waals surface area contributed by atoms with Crippen molar-refractivity contribution in [1.82, 2.24) is 0 Å². The molecule has 0 aromatic heterocycles. The first-order chi connectivity index (χ1) is 25.1. The molecule has 0 saturated heterocycles. The van der Waals surface area contributed by atoms with Gasteiger partial charge in [0.2, 0.25) is 0 Å². The van der Waals surface area contributed by atoms with Crippen LogP contribution >= 0.6 is 7.82 Å². The minimum Gasteiger partial charge on any atom is -0.756 e. The fourth-order valence-electron chi connectivity index (χ4n) is 5.92. The Kier molecular flexibility index (Phi) is 35.9. The number of likely N-dealkylation sites (N-methyl/N-ethyl adjacent to an activating group) is 1. The smallest absolute Gasteiger partial charge is 0.306 e. The third-order valence-electron chi connectivity index (χ3n) is 9.32. The van der Waals surface area contributed by atoms with Crippen LogP contribution in [-0.4, -0.2) is 64.1 Å². The minimum absolute atomic E-state index is 0.0165. The molecule has 0 aromatic carbocycles. The van der Waals surface area contributed by atoms with Gasteiger partial charge in [0.15, 0.2) is 6.10 Å². The summed E-state index contributed by atoms with van der Waals surface area (Å²) in [5, 5.41) is 0. The van der Waals surface area contributed by atoms with Gasteiger partial charge in [-0.25, -0.2) is 0 Å². The van der Waals surface area contributed by atoms with Crippen molar-refractivity contribution in [2.45, 2.75) is 200 Å². The Morgan fingerprint density at radius 1 is 0.596 bits per heavy atom. The average molecular weight is 758 g/mol. The lowest BCUT2D eigenvalue weighted by atomic mass is 10.0. The van der Waals surface area contributed by atoms with Crippen LogP contribution in [-0.2, 0) is 27.9 Å². The van der Waals surface area contributed by atoms with Gasteiger partial charge in [0.25, 0.3) is 7.82 Å². The quantitative estimate of drug-likeness (QED) is 0.0153. The number of carbonyl (C=O) groups excluding carboxylic acids is 1. The molecule has 0 amide bonds. The Labute approximate surface area is 322 Å². The summed E-state index contributed by atoms with van der Waals surface area (Å²) in [5.74, 6) is -0.364. The number of unbranched alkanes of at least 4 members (excludes halogenated alkanes) is 24. The zero-order valence-electron chi connectivity index (χ0n) is 34.8. The van der Waals surface area contributed by atoms with Gasteiger partial charge >= 0.3 is 5.97 Å². The normalized spacial score (nSPS) is 14.0. The summed E-state index contributed by atoms with van der Waals surface area (Å²) in [7, 11) is 1.32. The van der Waals surface area contributed by atoms with E-state index in [-0.39, 0.29) is 25.8 Å². The second kappa shape index (κ2) is 36.8. The van der Waals surface area contributed by atoms with Crippen LogP contribution in [0.1, 0.15) is 194 Å². The van der Waals surface area contributed by atoms with E-state index in [1.807, 2.05) is 27.2 Å². The predicted octanol–water partition coefficient (Wildman–Crippen LogP) is 12.2. The maximum atomic E-state index is 12.6. The Bertz CT molecular complexity index is 889. The number of hydrogen-bond donors (Lipinski definition) is 0. The van der Waals surface area contributed by atoms with Gasteiger partial charge < -0.3 is 27.9 Å². The van der Waals surface area contributed by atoms with Crippen molar-refractivity contribution in [3.63, 3.8) is 0 Å². The molecule has 0 aliphatic carbocycles. The Hall–Kier alpha value is -1.18. The van der Waals surface area contributed by atoms with Crippen LogP contribution in [0.2, 0.25) is 0 Å². The molecule has 0 aliphatic rings. The van der Waals surface area contributed by atoms with E-state index in [4.69, 9.17) is 18.5 Å². The van der Waals surface area contributed by atoms with Crippen LogP contribution in [0, 0.1) is 0 Å². The van der Waals surface area contributed by atoms with E-state index in [1.165, 1.54) is 128 Å². The molecule has 0 bridgehead atoms. The SMILES string of the molecule is CCCCCCC/C=C\CCCCCCCC(=O)O[C@H](CO/C=C\CCCCCCCCCCCCCCCC)COP(=O)([O-])OCC[N+](C)(C)C. The van der Waals surface area contributed by atoms with Gasteiger partial charge in [-0.3, -0.25) is 9.36 Å². The zero-order chi connectivity index (χ0) is 38.4. The highest BCUT2D eigenvalue weighted by Gasteiger charge is 2.20. The monoisotopic (exact) mass is 758 g/mol. The number of phosphoric acid groups is 1. The highest BCUT2D eigenvalue weighted by atomic mass is 31.2. The molecule has 9 heteroatoms. The molecular weight excluding hydrogens is 673 g/mol. The number of quaternary nitrogens is 1. The van der Waals surface area contributed by atoms with Crippen LogP contribution < -0.4 is 4.89 Å². The summed E-state index contributed by atoms with van der Waals surface area (Å²) in [4.78, 5) is 25.0. The van der Waals surface area contributed by atoms with Crippen molar-refractivity contribution in [3.05, 3.63) is 24.5 Å². The molecule has 0 heterocycles. The maximum absolute atomic E-state index is 12.6. The third kappa shape index (κ3) is 40.0. The number of ether oxygens (including phenoxy) is 2. The van der Waals surface area contributed by atoms with Crippen molar-refractivity contribution in [1.29, 1.82) is 0 Å². The van der Waals surface area contributed by atoms with Crippen molar-refractivity contribution < 1.29 is 37.3 Å². The molecule has 1 unspecified atom stereocenters. The minimum atomic E-state index is -4.54. The fourth-order valence-corrected chi connectivity index (χ4v) is 6.65. The van der Waals surface area contributed by atoms with E-state index in [1.54, 1.807) is 6.26 Å². The summed E-state index contributed by atoms with van der Waals surface area (Å²) in [6, 6.07) is 0. The maximum Gasteiger partial charge on any atom is 0.306 e. The van der Waals surface area contributed by atoms with Crippen molar-refractivity contribution in [2.24, 2.45) is 0 Å². The van der Waals surface area contributed by atoms with Crippen LogP contribution in [0.25, 0.3) is 0 Å². The molecule has 0 saturated carbocycles. The van der Waals surface area contributed by atoms with E-state index in [2.05, 4.69) is 26.0 Å². The number of esters is 1. The first-order valence-corrected chi connectivity index (χ1v) is 23.1. The molecule has 0 radical (unpaired) electrons. The number of phosphoric ester groups is 1. The van der Waals surface area contributed by atoms with Crippen molar-refractivity contribution >= 4 is 13.8 Å². The van der Waals surface area contributed by atoms with E-state index >= 15 is 0 Å². The van der Waals surface area contributed by atoms with Gasteiger partial charge in [-0.15, -0.1) is 0 Å². The lowest BCUT2D eigenvalue weighted by Crippen LogP contribution is -2.37. The summed E-state index contributed by atoms with van der Waals surface area (Å²) in [6.07, 6.45) is 41.3. The first kappa shape index (κ1) is 50.8. The molecular formula is C43H84NO7P. The van der Waals surface area contributed by atoms with Gasteiger partial charge in [0.1, 0.15) is 19.8 Å². The first-order valence-electron chi connectivity index (χ1n) is 21.6.